The molecule has 5 heterocycles. The molecule has 4 aliphatic rings. The van der Waals surface area contributed by atoms with E-state index in [0.717, 1.165) is 61.0 Å². The quantitative estimate of drug-likeness (QED) is 0.194. The second-order valence-corrected chi connectivity index (χ2v) is 13.9. The SMILES string of the molecule is Cc1ccc2c(oc3ccccc32)c1N1C=CN(C)C1CC1N2C=CN1c1ccccc1CCc1ccccc1N1C=CN(CCC2)C1C. The lowest BCUT2D eigenvalue weighted by Crippen LogP contribution is -2.48. The van der Waals surface area contributed by atoms with Crippen LogP contribution >= 0.6 is 0 Å². The Morgan fingerprint density at radius 2 is 1.29 bits per heavy atom. The number of rotatable bonds is 3. The van der Waals surface area contributed by atoms with E-state index in [1.807, 2.05) is 0 Å². The molecule has 0 saturated carbocycles. The van der Waals surface area contributed by atoms with Crippen molar-refractivity contribution in [3.05, 3.63) is 139 Å². The predicted molar refractivity (Wildman–Crippen MR) is 201 cm³/mol. The minimum Gasteiger partial charge on any atom is -0.454 e. The Labute approximate surface area is 289 Å². The Hall–Kier alpha value is -5.30. The summed E-state index contributed by atoms with van der Waals surface area (Å²) >= 11 is 0. The molecule has 7 heteroatoms. The van der Waals surface area contributed by atoms with Gasteiger partial charge in [0, 0.05) is 85.9 Å². The number of anilines is 3. The summed E-state index contributed by atoms with van der Waals surface area (Å²) in [5.41, 5.74) is 9.65. The van der Waals surface area contributed by atoms with Gasteiger partial charge in [0.2, 0.25) is 0 Å². The Morgan fingerprint density at radius 1 is 0.633 bits per heavy atom. The molecule has 248 valence electrons. The molecule has 0 N–H and O–H groups in total. The first kappa shape index (κ1) is 29.8. The van der Waals surface area contributed by atoms with Gasteiger partial charge in [0.25, 0.3) is 0 Å². The average Bonchev–Trinajstić information content (AvgIpc) is 3.89. The Kier molecular flexibility index (Phi) is 7.29. The number of aryl methyl sites for hydroxylation is 3. The van der Waals surface area contributed by atoms with Gasteiger partial charge in [-0.05, 0) is 68.0 Å². The van der Waals surface area contributed by atoms with Gasteiger partial charge in [-0.15, -0.1) is 0 Å². The highest BCUT2D eigenvalue weighted by Crippen LogP contribution is 2.42. The third-order valence-electron chi connectivity index (χ3n) is 11.1. The van der Waals surface area contributed by atoms with Crippen molar-refractivity contribution in [2.75, 3.05) is 34.8 Å². The van der Waals surface area contributed by atoms with Crippen LogP contribution in [0.4, 0.5) is 17.1 Å². The summed E-state index contributed by atoms with van der Waals surface area (Å²) in [6.45, 7) is 6.52. The van der Waals surface area contributed by atoms with Crippen LogP contribution in [0.25, 0.3) is 21.9 Å². The van der Waals surface area contributed by atoms with Crippen molar-refractivity contribution in [2.45, 2.75) is 58.0 Å². The van der Waals surface area contributed by atoms with E-state index in [1.54, 1.807) is 0 Å². The first-order valence-corrected chi connectivity index (χ1v) is 17.8. The maximum Gasteiger partial charge on any atom is 0.159 e. The van der Waals surface area contributed by atoms with Crippen molar-refractivity contribution in [3.63, 3.8) is 0 Å². The first-order valence-electron chi connectivity index (χ1n) is 17.8. The molecule has 5 aromatic rings. The van der Waals surface area contributed by atoms with Crippen LogP contribution in [0.2, 0.25) is 0 Å². The van der Waals surface area contributed by atoms with Crippen LogP contribution in [0.1, 0.15) is 36.5 Å². The fourth-order valence-corrected chi connectivity index (χ4v) is 8.45. The molecular weight excluding hydrogens is 605 g/mol. The molecule has 0 aliphatic carbocycles. The van der Waals surface area contributed by atoms with Crippen molar-refractivity contribution in [1.29, 1.82) is 0 Å². The molecule has 4 bridgehead atoms. The number of nitrogens with zero attached hydrogens (tertiary/aromatic N) is 6. The zero-order chi connectivity index (χ0) is 33.1. The van der Waals surface area contributed by atoms with Gasteiger partial charge in [0.05, 0.1) is 5.69 Å². The summed E-state index contributed by atoms with van der Waals surface area (Å²) in [6, 6.07) is 30.8. The van der Waals surface area contributed by atoms with Crippen molar-refractivity contribution < 1.29 is 4.42 Å². The van der Waals surface area contributed by atoms with Gasteiger partial charge < -0.3 is 33.8 Å². The van der Waals surface area contributed by atoms with E-state index in [2.05, 4.69) is 172 Å². The summed E-state index contributed by atoms with van der Waals surface area (Å²) in [6.07, 6.45) is 18.2. The summed E-state index contributed by atoms with van der Waals surface area (Å²) in [5, 5.41) is 2.33. The van der Waals surface area contributed by atoms with Gasteiger partial charge in [-0.2, -0.15) is 0 Å². The Morgan fingerprint density at radius 3 is 2.10 bits per heavy atom. The van der Waals surface area contributed by atoms with Crippen LogP contribution in [0.15, 0.2) is 127 Å². The number of furan rings is 1. The molecule has 49 heavy (non-hydrogen) atoms. The van der Waals surface area contributed by atoms with Crippen LogP contribution in [0.5, 0.6) is 0 Å². The number of fused-ring (bicyclic) bond motifs is 11. The van der Waals surface area contributed by atoms with E-state index >= 15 is 0 Å². The molecule has 4 aromatic carbocycles. The Bertz CT molecular complexity index is 2110. The summed E-state index contributed by atoms with van der Waals surface area (Å²) < 4.78 is 6.59. The molecular formula is C42H44N6O. The highest BCUT2D eigenvalue weighted by Gasteiger charge is 2.37. The molecule has 0 spiro atoms. The second-order valence-electron chi connectivity index (χ2n) is 13.9. The van der Waals surface area contributed by atoms with E-state index in [4.69, 9.17) is 4.42 Å². The van der Waals surface area contributed by atoms with Gasteiger partial charge in [-0.25, -0.2) is 0 Å². The maximum atomic E-state index is 6.59. The van der Waals surface area contributed by atoms with E-state index in [-0.39, 0.29) is 18.5 Å². The molecule has 1 aromatic heterocycles. The number of hydrogen-bond donors (Lipinski definition) is 0. The minimum atomic E-state index is 0.114. The fraction of sp³-hybridized carbons (Fsp3) is 0.286. The molecule has 3 atom stereocenters. The molecule has 3 unspecified atom stereocenters. The van der Waals surface area contributed by atoms with Gasteiger partial charge in [-0.3, -0.25) is 0 Å². The van der Waals surface area contributed by atoms with Crippen LogP contribution in [-0.4, -0.2) is 53.3 Å². The largest absolute Gasteiger partial charge is 0.454 e. The lowest BCUT2D eigenvalue weighted by Gasteiger charge is -2.40. The summed E-state index contributed by atoms with van der Waals surface area (Å²) in [7, 11) is 2.21. The zero-order valence-electron chi connectivity index (χ0n) is 28.6. The minimum absolute atomic E-state index is 0.114. The second kappa shape index (κ2) is 12.0. The first-order chi connectivity index (χ1) is 24.0. The molecule has 7 nitrogen and oxygen atoms in total. The highest BCUT2D eigenvalue weighted by atomic mass is 16.3. The molecule has 4 aliphatic heterocycles. The number of para-hydroxylation sites is 3. The van der Waals surface area contributed by atoms with Gasteiger partial charge in [-0.1, -0.05) is 66.7 Å². The van der Waals surface area contributed by atoms with Crippen molar-refractivity contribution in [2.24, 2.45) is 0 Å². The fourth-order valence-electron chi connectivity index (χ4n) is 8.45. The smallest absolute Gasteiger partial charge is 0.159 e. The predicted octanol–water partition coefficient (Wildman–Crippen LogP) is 8.58. The lowest BCUT2D eigenvalue weighted by atomic mass is 10.00. The molecule has 0 saturated heterocycles. The molecule has 9 rings (SSSR count). The standard InChI is InChI=1S/C42H44N6O/c1-30-17-20-35-34-13-6-9-16-38(34)49-42(35)41(30)48-26-23-43(3)39(48)29-40-45-22-10-21-44-24-27-46(31(44)2)36-14-7-4-11-32(36)18-19-33-12-5-8-15-37(33)47(40)28-25-45/h4-9,11-17,20,23-28,31,39-40H,10,18-19,21-22,29H2,1-3H3. The van der Waals surface area contributed by atoms with Crippen LogP contribution in [-0.2, 0) is 12.8 Å². The zero-order valence-corrected chi connectivity index (χ0v) is 28.6. The summed E-state index contributed by atoms with van der Waals surface area (Å²) in [5.74, 6) is 0. The van der Waals surface area contributed by atoms with Crippen molar-refractivity contribution in [3.8, 4) is 0 Å². The maximum absolute atomic E-state index is 6.59. The van der Waals surface area contributed by atoms with E-state index in [9.17, 15) is 0 Å². The molecule has 0 radical (unpaired) electrons. The van der Waals surface area contributed by atoms with Gasteiger partial charge in [0.1, 0.15) is 24.1 Å². The van der Waals surface area contributed by atoms with E-state index in [1.165, 1.54) is 33.5 Å². The average molecular weight is 649 g/mol. The van der Waals surface area contributed by atoms with E-state index in [0.29, 0.717) is 0 Å². The van der Waals surface area contributed by atoms with Crippen LogP contribution in [0.3, 0.4) is 0 Å². The van der Waals surface area contributed by atoms with Crippen molar-refractivity contribution in [1.82, 2.24) is 14.7 Å². The number of benzene rings is 4. The third-order valence-corrected chi connectivity index (χ3v) is 11.1. The molecule has 0 amide bonds. The lowest BCUT2D eigenvalue weighted by molar-refractivity contribution is 0.216. The van der Waals surface area contributed by atoms with Crippen LogP contribution in [0, 0.1) is 6.92 Å². The normalized spacial score (nSPS) is 22.0. The third kappa shape index (κ3) is 5.02. The van der Waals surface area contributed by atoms with Crippen LogP contribution < -0.4 is 14.7 Å². The summed E-state index contributed by atoms with van der Waals surface area (Å²) in [4.78, 5) is 14.9. The monoisotopic (exact) mass is 648 g/mol. The van der Waals surface area contributed by atoms with Gasteiger partial charge >= 0.3 is 0 Å². The van der Waals surface area contributed by atoms with E-state index < -0.39 is 0 Å². The number of hydrogen-bond acceptors (Lipinski definition) is 7. The van der Waals surface area contributed by atoms with Gasteiger partial charge in [0.15, 0.2) is 5.58 Å². The van der Waals surface area contributed by atoms with Crippen molar-refractivity contribution >= 4 is 39.0 Å². The molecule has 0 fully saturated rings. The topological polar surface area (TPSA) is 32.6 Å². The Balaban J connectivity index is 1.09. The highest BCUT2D eigenvalue weighted by molar-refractivity contribution is 6.09.